The lowest BCUT2D eigenvalue weighted by Crippen LogP contribution is -1.85. The summed E-state index contributed by atoms with van der Waals surface area (Å²) in [4.78, 5) is 10.9. The molecule has 2 rings (SSSR count). The largest absolute Gasteiger partial charge is 0.519 e. The van der Waals surface area contributed by atoms with E-state index in [9.17, 15) is 9.18 Å². The number of halogens is 2. The Morgan fingerprint density at radius 3 is 2.47 bits per heavy atom. The minimum atomic E-state index is -0.760. The van der Waals surface area contributed by atoms with E-state index in [1.807, 2.05) is 0 Å². The first-order valence-corrected chi connectivity index (χ1v) is 5.27. The number of benzene rings is 1. The fraction of sp³-hybridized carbons (Fsp3) is 0.100. The van der Waals surface area contributed by atoms with Crippen molar-refractivity contribution >= 4 is 15.9 Å². The van der Waals surface area contributed by atoms with E-state index >= 15 is 0 Å². The quantitative estimate of drug-likeness (QED) is 0.790. The minimum Gasteiger partial charge on any atom is -0.394 e. The average Bonchev–Trinajstić information content (AvgIpc) is 2.61. The van der Waals surface area contributed by atoms with E-state index in [1.165, 1.54) is 24.3 Å². The van der Waals surface area contributed by atoms with E-state index in [0.29, 0.717) is 22.4 Å². The van der Waals surface area contributed by atoms with Crippen molar-refractivity contribution in [1.82, 2.24) is 0 Å². The third kappa shape index (κ3) is 2.02. The van der Waals surface area contributed by atoms with Crippen molar-refractivity contribution in [3.63, 3.8) is 0 Å². The molecule has 2 aromatic rings. The first-order chi connectivity index (χ1) is 7.20. The normalized spacial score (nSPS) is 10.5. The van der Waals surface area contributed by atoms with Crippen LogP contribution in [0.5, 0.6) is 0 Å². The maximum absolute atomic E-state index is 12.7. The highest BCUT2D eigenvalue weighted by atomic mass is 79.9. The smallest absolute Gasteiger partial charge is 0.394 e. The minimum absolute atomic E-state index is 0.330. The van der Waals surface area contributed by atoms with Gasteiger partial charge in [-0.25, -0.2) is 9.18 Å². The van der Waals surface area contributed by atoms with Gasteiger partial charge in [0.15, 0.2) is 11.5 Å². The molecule has 0 N–H and O–H groups in total. The standard InChI is InChI=1S/C10H6BrFO3/c11-5-8-9(15-10(13)14-8)6-1-3-7(12)4-2-6/h1-4H,5H2. The van der Waals surface area contributed by atoms with Gasteiger partial charge in [0.05, 0.1) is 5.33 Å². The molecule has 1 aromatic heterocycles. The lowest BCUT2D eigenvalue weighted by molar-refractivity contribution is 0.381. The van der Waals surface area contributed by atoms with Crippen LogP contribution in [0, 0.1) is 5.82 Å². The highest BCUT2D eigenvalue weighted by Crippen LogP contribution is 2.24. The number of hydrogen-bond acceptors (Lipinski definition) is 3. The van der Waals surface area contributed by atoms with E-state index in [1.54, 1.807) is 0 Å². The summed E-state index contributed by atoms with van der Waals surface area (Å²) in [5.74, 6) is -0.378. The van der Waals surface area contributed by atoms with Gasteiger partial charge < -0.3 is 8.83 Å². The monoisotopic (exact) mass is 272 g/mol. The van der Waals surface area contributed by atoms with Gasteiger partial charge in [0.1, 0.15) is 5.82 Å². The zero-order valence-electron chi connectivity index (χ0n) is 7.50. The van der Waals surface area contributed by atoms with Crippen molar-refractivity contribution < 1.29 is 13.2 Å². The first-order valence-electron chi connectivity index (χ1n) is 4.15. The lowest BCUT2D eigenvalue weighted by Gasteiger charge is -1.96. The third-order valence-corrected chi connectivity index (χ3v) is 2.38. The summed E-state index contributed by atoms with van der Waals surface area (Å²) in [5.41, 5.74) is 0.608. The molecule has 15 heavy (non-hydrogen) atoms. The highest BCUT2D eigenvalue weighted by molar-refractivity contribution is 9.08. The lowest BCUT2D eigenvalue weighted by atomic mass is 10.1. The fourth-order valence-corrected chi connectivity index (χ4v) is 1.59. The molecule has 0 aliphatic rings. The van der Waals surface area contributed by atoms with Gasteiger partial charge in [0.2, 0.25) is 0 Å². The Morgan fingerprint density at radius 1 is 1.20 bits per heavy atom. The van der Waals surface area contributed by atoms with Crippen LogP contribution in [0.25, 0.3) is 11.3 Å². The molecule has 3 nitrogen and oxygen atoms in total. The first kappa shape index (κ1) is 10.2. The van der Waals surface area contributed by atoms with E-state index in [4.69, 9.17) is 8.83 Å². The summed E-state index contributed by atoms with van der Waals surface area (Å²) in [6, 6.07) is 5.63. The molecule has 0 saturated heterocycles. The molecule has 0 unspecified atom stereocenters. The second-order valence-corrected chi connectivity index (χ2v) is 3.41. The topological polar surface area (TPSA) is 43.4 Å². The summed E-state index contributed by atoms with van der Waals surface area (Å²) in [6.45, 7) is 0. The van der Waals surface area contributed by atoms with E-state index in [0.717, 1.165) is 0 Å². The van der Waals surface area contributed by atoms with Crippen molar-refractivity contribution in [2.75, 3.05) is 0 Å². The van der Waals surface area contributed by atoms with E-state index in [-0.39, 0.29) is 5.82 Å². The number of rotatable bonds is 2. The molecule has 0 amide bonds. The molecule has 0 fully saturated rings. The van der Waals surface area contributed by atoms with Gasteiger partial charge in [-0.05, 0) is 24.3 Å². The van der Waals surface area contributed by atoms with Crippen molar-refractivity contribution in [3.8, 4) is 11.3 Å². The van der Waals surface area contributed by atoms with Crippen LogP contribution < -0.4 is 5.82 Å². The summed E-state index contributed by atoms with van der Waals surface area (Å²) >= 11 is 3.17. The molecule has 1 heterocycles. The van der Waals surface area contributed by atoms with Crippen molar-refractivity contribution in [1.29, 1.82) is 0 Å². The summed E-state index contributed by atoms with van der Waals surface area (Å²) in [6.07, 6.45) is 0. The van der Waals surface area contributed by atoms with Gasteiger partial charge in [0, 0.05) is 5.56 Å². The zero-order valence-corrected chi connectivity index (χ0v) is 9.08. The Labute approximate surface area is 92.6 Å². The predicted octanol–water partition coefficient (Wildman–Crippen LogP) is 2.93. The van der Waals surface area contributed by atoms with Crippen LogP contribution in [0.3, 0.4) is 0 Å². The highest BCUT2D eigenvalue weighted by Gasteiger charge is 2.13. The summed E-state index contributed by atoms with van der Waals surface area (Å²) in [5, 5.41) is 0.367. The Morgan fingerprint density at radius 2 is 1.87 bits per heavy atom. The molecule has 0 aliphatic heterocycles. The molecular weight excluding hydrogens is 267 g/mol. The molecule has 0 spiro atoms. The van der Waals surface area contributed by atoms with E-state index < -0.39 is 5.82 Å². The summed E-state index contributed by atoms with van der Waals surface area (Å²) < 4.78 is 22.3. The number of alkyl halides is 1. The Bertz CT molecular complexity index is 512. The van der Waals surface area contributed by atoms with Gasteiger partial charge in [-0.3, -0.25) is 0 Å². The average molecular weight is 273 g/mol. The van der Waals surface area contributed by atoms with Gasteiger partial charge in [0.25, 0.3) is 0 Å². The molecule has 1 aromatic carbocycles. The van der Waals surface area contributed by atoms with Crippen LogP contribution in [-0.2, 0) is 5.33 Å². The van der Waals surface area contributed by atoms with Crippen LogP contribution in [0.4, 0.5) is 4.39 Å². The van der Waals surface area contributed by atoms with Crippen LogP contribution in [0.15, 0.2) is 37.9 Å². The zero-order chi connectivity index (χ0) is 10.8. The van der Waals surface area contributed by atoms with Crippen LogP contribution in [0.1, 0.15) is 5.76 Å². The molecule has 0 aliphatic carbocycles. The van der Waals surface area contributed by atoms with Crippen LogP contribution >= 0.6 is 15.9 Å². The van der Waals surface area contributed by atoms with Gasteiger partial charge >= 0.3 is 5.82 Å². The van der Waals surface area contributed by atoms with Gasteiger partial charge in [-0.1, -0.05) is 15.9 Å². The fourth-order valence-electron chi connectivity index (χ4n) is 1.22. The SMILES string of the molecule is O=c1oc(CBr)c(-c2ccc(F)cc2)o1. The third-order valence-electron chi connectivity index (χ3n) is 1.87. The molecule has 0 bridgehead atoms. The van der Waals surface area contributed by atoms with Crippen molar-refractivity contribution in [2.45, 2.75) is 5.33 Å². The van der Waals surface area contributed by atoms with Crippen molar-refractivity contribution in [3.05, 3.63) is 46.5 Å². The molecule has 0 radical (unpaired) electrons. The van der Waals surface area contributed by atoms with E-state index in [2.05, 4.69) is 15.9 Å². The second kappa shape index (κ2) is 4.02. The Kier molecular flexibility index (Phi) is 2.73. The molecule has 5 heteroatoms. The molecular formula is C10H6BrFO3. The molecule has 0 atom stereocenters. The van der Waals surface area contributed by atoms with Gasteiger partial charge in [-0.15, -0.1) is 0 Å². The Hall–Kier alpha value is -1.36. The van der Waals surface area contributed by atoms with Crippen molar-refractivity contribution in [2.24, 2.45) is 0 Å². The molecule has 78 valence electrons. The molecule has 0 saturated carbocycles. The maximum atomic E-state index is 12.7. The number of hydrogen-bond donors (Lipinski definition) is 0. The maximum Gasteiger partial charge on any atom is 0.519 e. The van der Waals surface area contributed by atoms with Crippen LogP contribution in [-0.4, -0.2) is 0 Å². The second-order valence-electron chi connectivity index (χ2n) is 2.85. The summed E-state index contributed by atoms with van der Waals surface area (Å²) in [7, 11) is 0. The van der Waals surface area contributed by atoms with Crippen LogP contribution in [0.2, 0.25) is 0 Å². The van der Waals surface area contributed by atoms with Gasteiger partial charge in [-0.2, -0.15) is 0 Å². The Balaban J connectivity index is 2.53. The predicted molar refractivity (Wildman–Crippen MR) is 55.3 cm³/mol.